The van der Waals surface area contributed by atoms with Gasteiger partial charge >= 0.3 is 0 Å². The highest BCUT2D eigenvalue weighted by molar-refractivity contribution is 6.33. The van der Waals surface area contributed by atoms with Gasteiger partial charge in [0.15, 0.2) is 0 Å². The third kappa shape index (κ3) is 2.75. The Balaban J connectivity index is 2.38. The standard InChI is InChI=1S/C13H10ClN3O3/c1-16(9-5-3-2-4-6-9)13(18)11-7-10(17(19)20)8-15-12(11)14/h2-8H,1H3. The minimum Gasteiger partial charge on any atom is -0.311 e. The second-order valence-electron chi connectivity index (χ2n) is 3.99. The molecule has 2 rings (SSSR count). The van der Waals surface area contributed by atoms with Crippen LogP contribution in [-0.4, -0.2) is 22.9 Å². The number of pyridine rings is 1. The molecule has 1 aromatic heterocycles. The molecule has 1 amide bonds. The summed E-state index contributed by atoms with van der Waals surface area (Å²) in [6, 6.07) is 10.0. The fourth-order valence-corrected chi connectivity index (χ4v) is 1.82. The number of amides is 1. The van der Waals surface area contributed by atoms with Gasteiger partial charge in [-0.2, -0.15) is 0 Å². The smallest absolute Gasteiger partial charge is 0.288 e. The number of carbonyl (C=O) groups is 1. The summed E-state index contributed by atoms with van der Waals surface area (Å²) in [4.78, 5) is 27.4. The van der Waals surface area contributed by atoms with Crippen LogP contribution in [0.5, 0.6) is 0 Å². The summed E-state index contributed by atoms with van der Waals surface area (Å²) in [6.07, 6.45) is 1.02. The number of halogens is 1. The van der Waals surface area contributed by atoms with E-state index in [1.54, 1.807) is 31.3 Å². The van der Waals surface area contributed by atoms with Crippen molar-refractivity contribution in [3.05, 3.63) is 63.4 Å². The molecule has 0 fully saturated rings. The van der Waals surface area contributed by atoms with Gasteiger partial charge in [-0.1, -0.05) is 29.8 Å². The highest BCUT2D eigenvalue weighted by atomic mass is 35.5. The lowest BCUT2D eigenvalue weighted by Crippen LogP contribution is -2.26. The minimum absolute atomic E-state index is 0.00720. The van der Waals surface area contributed by atoms with Crippen molar-refractivity contribution in [2.24, 2.45) is 0 Å². The highest BCUT2D eigenvalue weighted by Gasteiger charge is 2.20. The normalized spacial score (nSPS) is 10.1. The predicted octanol–water partition coefficient (Wildman–Crippen LogP) is 2.92. The van der Waals surface area contributed by atoms with Gasteiger partial charge in [0.05, 0.1) is 10.5 Å². The molecule has 0 aliphatic rings. The number of aromatic nitrogens is 1. The molecule has 2 aromatic rings. The number of benzene rings is 1. The molecular weight excluding hydrogens is 282 g/mol. The van der Waals surface area contributed by atoms with Crippen molar-refractivity contribution >= 4 is 28.9 Å². The van der Waals surface area contributed by atoms with E-state index in [2.05, 4.69) is 4.98 Å². The van der Waals surface area contributed by atoms with E-state index in [-0.39, 0.29) is 16.4 Å². The van der Waals surface area contributed by atoms with Gasteiger partial charge in [-0.25, -0.2) is 4.98 Å². The Hall–Kier alpha value is -2.47. The number of nitrogens with zero attached hydrogens (tertiary/aromatic N) is 3. The zero-order chi connectivity index (χ0) is 14.7. The van der Waals surface area contributed by atoms with E-state index in [1.807, 2.05) is 6.07 Å². The Morgan fingerprint density at radius 2 is 2.00 bits per heavy atom. The van der Waals surface area contributed by atoms with Gasteiger partial charge in [0.2, 0.25) is 0 Å². The van der Waals surface area contributed by atoms with Crippen LogP contribution in [0.25, 0.3) is 0 Å². The molecule has 0 bridgehead atoms. The van der Waals surface area contributed by atoms with Crippen LogP contribution in [0.2, 0.25) is 5.15 Å². The van der Waals surface area contributed by atoms with E-state index in [4.69, 9.17) is 11.6 Å². The zero-order valence-electron chi connectivity index (χ0n) is 10.5. The van der Waals surface area contributed by atoms with E-state index >= 15 is 0 Å². The molecule has 20 heavy (non-hydrogen) atoms. The van der Waals surface area contributed by atoms with Crippen molar-refractivity contribution in [1.29, 1.82) is 0 Å². The molecule has 0 saturated heterocycles. The zero-order valence-corrected chi connectivity index (χ0v) is 11.2. The van der Waals surface area contributed by atoms with E-state index in [0.29, 0.717) is 5.69 Å². The van der Waals surface area contributed by atoms with E-state index in [1.165, 1.54) is 4.90 Å². The molecule has 0 aliphatic heterocycles. The van der Waals surface area contributed by atoms with Crippen molar-refractivity contribution in [2.45, 2.75) is 0 Å². The van der Waals surface area contributed by atoms with Crippen LogP contribution in [0, 0.1) is 10.1 Å². The first-order chi connectivity index (χ1) is 9.50. The Bertz CT molecular complexity index is 661. The van der Waals surface area contributed by atoms with Crippen LogP contribution >= 0.6 is 11.6 Å². The largest absolute Gasteiger partial charge is 0.311 e. The molecule has 0 saturated carbocycles. The summed E-state index contributed by atoms with van der Waals surface area (Å²) < 4.78 is 0. The Morgan fingerprint density at radius 3 is 2.60 bits per heavy atom. The summed E-state index contributed by atoms with van der Waals surface area (Å²) >= 11 is 5.85. The van der Waals surface area contributed by atoms with Gasteiger partial charge in [0.25, 0.3) is 11.6 Å². The number of hydrogen-bond acceptors (Lipinski definition) is 4. The lowest BCUT2D eigenvalue weighted by atomic mass is 10.2. The van der Waals surface area contributed by atoms with Crippen LogP contribution in [0.4, 0.5) is 11.4 Å². The van der Waals surface area contributed by atoms with Gasteiger partial charge in [0, 0.05) is 18.8 Å². The van der Waals surface area contributed by atoms with Crippen LogP contribution in [-0.2, 0) is 0 Å². The van der Waals surface area contributed by atoms with Gasteiger partial charge in [-0.15, -0.1) is 0 Å². The quantitative estimate of drug-likeness (QED) is 0.495. The first kappa shape index (κ1) is 14.0. The first-order valence-electron chi connectivity index (χ1n) is 5.63. The van der Waals surface area contributed by atoms with Gasteiger partial charge in [-0.3, -0.25) is 14.9 Å². The highest BCUT2D eigenvalue weighted by Crippen LogP contribution is 2.22. The van der Waals surface area contributed by atoms with E-state index in [9.17, 15) is 14.9 Å². The monoisotopic (exact) mass is 291 g/mol. The molecule has 0 spiro atoms. The van der Waals surface area contributed by atoms with Crippen LogP contribution < -0.4 is 4.90 Å². The number of nitro groups is 1. The van der Waals surface area contributed by atoms with E-state index in [0.717, 1.165) is 12.3 Å². The van der Waals surface area contributed by atoms with Crippen molar-refractivity contribution in [3.8, 4) is 0 Å². The molecule has 1 heterocycles. The maximum atomic E-state index is 12.3. The summed E-state index contributed by atoms with van der Waals surface area (Å²) in [5.41, 5.74) is 0.367. The maximum absolute atomic E-state index is 12.3. The molecule has 102 valence electrons. The number of rotatable bonds is 3. The third-order valence-corrected chi connectivity index (χ3v) is 3.02. The number of para-hydroxylation sites is 1. The van der Waals surface area contributed by atoms with E-state index < -0.39 is 10.8 Å². The summed E-state index contributed by atoms with van der Waals surface area (Å²) in [7, 11) is 1.56. The molecule has 0 atom stereocenters. The molecule has 7 heteroatoms. The molecule has 0 aliphatic carbocycles. The first-order valence-corrected chi connectivity index (χ1v) is 6.01. The lowest BCUT2D eigenvalue weighted by Gasteiger charge is -2.17. The average molecular weight is 292 g/mol. The minimum atomic E-state index is -0.622. The number of anilines is 1. The van der Waals surface area contributed by atoms with Gasteiger partial charge in [0.1, 0.15) is 11.3 Å². The maximum Gasteiger partial charge on any atom is 0.288 e. The average Bonchev–Trinajstić information content (AvgIpc) is 2.47. The molecule has 1 aromatic carbocycles. The summed E-state index contributed by atoms with van der Waals surface area (Å²) in [5.74, 6) is -0.461. The number of hydrogen-bond donors (Lipinski definition) is 0. The second-order valence-corrected chi connectivity index (χ2v) is 4.35. The van der Waals surface area contributed by atoms with Crippen LogP contribution in [0.3, 0.4) is 0 Å². The fourth-order valence-electron chi connectivity index (χ4n) is 1.64. The predicted molar refractivity (Wildman–Crippen MR) is 75.1 cm³/mol. The topological polar surface area (TPSA) is 76.3 Å². The van der Waals surface area contributed by atoms with Crippen LogP contribution in [0.15, 0.2) is 42.6 Å². The van der Waals surface area contributed by atoms with Crippen molar-refractivity contribution < 1.29 is 9.72 Å². The Labute approximate surface area is 119 Å². The van der Waals surface area contributed by atoms with Gasteiger partial charge in [-0.05, 0) is 12.1 Å². The molecule has 0 radical (unpaired) electrons. The van der Waals surface area contributed by atoms with Gasteiger partial charge < -0.3 is 4.90 Å². The molecular formula is C13H10ClN3O3. The molecule has 0 unspecified atom stereocenters. The number of carbonyl (C=O) groups excluding carboxylic acids is 1. The second kappa shape index (κ2) is 5.66. The summed E-state index contributed by atoms with van der Waals surface area (Å²) in [6.45, 7) is 0. The van der Waals surface area contributed by atoms with Crippen molar-refractivity contribution in [2.75, 3.05) is 11.9 Å². The lowest BCUT2D eigenvalue weighted by molar-refractivity contribution is -0.385. The third-order valence-electron chi connectivity index (χ3n) is 2.71. The Morgan fingerprint density at radius 1 is 1.35 bits per heavy atom. The van der Waals surface area contributed by atoms with Crippen molar-refractivity contribution in [1.82, 2.24) is 4.98 Å². The van der Waals surface area contributed by atoms with Crippen molar-refractivity contribution in [3.63, 3.8) is 0 Å². The SMILES string of the molecule is CN(C(=O)c1cc([N+](=O)[O-])cnc1Cl)c1ccccc1. The molecule has 6 nitrogen and oxygen atoms in total. The summed E-state index contributed by atoms with van der Waals surface area (Å²) in [5, 5.41) is 10.7. The Kier molecular flexibility index (Phi) is 3.95. The molecule has 0 N–H and O–H groups in total. The van der Waals surface area contributed by atoms with Crippen LogP contribution in [0.1, 0.15) is 10.4 Å². The fraction of sp³-hybridized carbons (Fsp3) is 0.0769.